The molecule has 9 heteroatoms. The number of thiophene rings is 1. The highest BCUT2D eigenvalue weighted by atomic mass is 32.1. The van der Waals surface area contributed by atoms with E-state index in [1.54, 1.807) is 45.2 Å². The van der Waals surface area contributed by atoms with Crippen LogP contribution in [-0.4, -0.2) is 35.7 Å². The van der Waals surface area contributed by atoms with Gasteiger partial charge in [0.25, 0.3) is 11.8 Å². The van der Waals surface area contributed by atoms with Crippen molar-refractivity contribution in [2.45, 2.75) is 39.8 Å². The maximum absolute atomic E-state index is 12.2. The molecule has 1 rings (SSSR count). The number of hydrazine groups is 1. The number of hydrogen-bond acceptors (Lipinski definition) is 5. The highest BCUT2D eigenvalue weighted by Crippen LogP contribution is 2.10. The van der Waals surface area contributed by atoms with Crippen LogP contribution in [0.4, 0.5) is 0 Å². The topological polar surface area (TPSA) is 116 Å². The predicted octanol–water partition coefficient (Wildman–Crippen LogP) is 0.175. The van der Waals surface area contributed by atoms with Gasteiger partial charge < -0.3 is 10.6 Å². The van der Waals surface area contributed by atoms with Crippen molar-refractivity contribution < 1.29 is 19.2 Å². The smallest absolute Gasteiger partial charge is 0.327 e. The number of rotatable bonds is 5. The van der Waals surface area contributed by atoms with Gasteiger partial charge >= 0.3 is 11.8 Å². The summed E-state index contributed by atoms with van der Waals surface area (Å²) in [4.78, 5) is 47.7. The van der Waals surface area contributed by atoms with Crippen LogP contribution in [0, 0.1) is 5.92 Å². The van der Waals surface area contributed by atoms with Crippen molar-refractivity contribution in [3.05, 3.63) is 22.4 Å². The summed E-state index contributed by atoms with van der Waals surface area (Å²) in [6.07, 6.45) is 0. The van der Waals surface area contributed by atoms with Crippen molar-refractivity contribution in [2.75, 3.05) is 0 Å². The van der Waals surface area contributed by atoms with Crippen LogP contribution >= 0.6 is 11.3 Å². The molecule has 0 aliphatic carbocycles. The molecule has 1 atom stereocenters. The zero-order valence-electron chi connectivity index (χ0n) is 14.0. The van der Waals surface area contributed by atoms with Crippen molar-refractivity contribution >= 4 is 35.0 Å². The van der Waals surface area contributed by atoms with Gasteiger partial charge in [0, 0.05) is 6.04 Å². The monoisotopic (exact) mass is 354 g/mol. The number of carbonyl (C=O) groups is 4. The summed E-state index contributed by atoms with van der Waals surface area (Å²) in [6, 6.07) is 2.32. The van der Waals surface area contributed by atoms with E-state index in [0.717, 1.165) is 0 Å². The lowest BCUT2D eigenvalue weighted by Gasteiger charge is -2.21. The first-order chi connectivity index (χ1) is 11.2. The van der Waals surface area contributed by atoms with Gasteiger partial charge in [-0.25, -0.2) is 0 Å². The molecule has 0 aliphatic heterocycles. The third-order valence-corrected chi connectivity index (χ3v) is 3.77. The first-order valence-electron chi connectivity index (χ1n) is 7.47. The molecule has 1 aromatic rings. The van der Waals surface area contributed by atoms with Crippen LogP contribution < -0.4 is 21.5 Å². The minimum Gasteiger partial charge on any atom is -0.346 e. The fourth-order valence-electron chi connectivity index (χ4n) is 1.74. The summed E-state index contributed by atoms with van der Waals surface area (Å²) < 4.78 is 0. The molecule has 4 amide bonds. The van der Waals surface area contributed by atoms with Crippen molar-refractivity contribution in [2.24, 2.45) is 5.92 Å². The molecule has 0 saturated carbocycles. The molecule has 24 heavy (non-hydrogen) atoms. The van der Waals surface area contributed by atoms with Crippen molar-refractivity contribution in [3.63, 3.8) is 0 Å². The summed E-state index contributed by atoms with van der Waals surface area (Å²) >= 11 is 1.26. The maximum Gasteiger partial charge on any atom is 0.327 e. The molecule has 4 N–H and O–H groups in total. The van der Waals surface area contributed by atoms with Crippen LogP contribution in [0.5, 0.6) is 0 Å². The molecule has 0 bridgehead atoms. The predicted molar refractivity (Wildman–Crippen MR) is 90.0 cm³/mol. The molecule has 0 aromatic carbocycles. The van der Waals surface area contributed by atoms with E-state index in [0.29, 0.717) is 4.88 Å². The third-order valence-electron chi connectivity index (χ3n) is 2.91. The van der Waals surface area contributed by atoms with Gasteiger partial charge in [0.05, 0.1) is 4.88 Å². The molecule has 0 saturated heterocycles. The second-order valence-corrected chi connectivity index (χ2v) is 6.69. The third kappa shape index (κ3) is 5.99. The Labute approximate surface area is 144 Å². The molecule has 0 spiro atoms. The molecule has 0 radical (unpaired) electrons. The second kappa shape index (κ2) is 9.02. The van der Waals surface area contributed by atoms with Gasteiger partial charge in [0.15, 0.2) is 0 Å². The standard InChI is InChI=1S/C15H22N4O4S/c1-8(2)11(17-12(20)10-6-5-7-24-10)13(21)18-19-15(23)14(22)16-9(3)4/h5-9,11H,1-4H3,(H,16,22)(H,17,20)(H,18,21)(H,19,23)/t11-/m1/s1. The Kier molecular flexibility index (Phi) is 7.37. The lowest BCUT2D eigenvalue weighted by molar-refractivity contribution is -0.141. The highest BCUT2D eigenvalue weighted by molar-refractivity contribution is 7.12. The summed E-state index contributed by atoms with van der Waals surface area (Å²) in [5, 5.41) is 6.77. The number of carbonyl (C=O) groups excluding carboxylic acids is 4. The van der Waals surface area contributed by atoms with Crippen LogP contribution in [-0.2, 0) is 14.4 Å². The highest BCUT2D eigenvalue weighted by Gasteiger charge is 2.26. The van der Waals surface area contributed by atoms with Crippen molar-refractivity contribution in [1.29, 1.82) is 0 Å². The molecule has 1 heterocycles. The van der Waals surface area contributed by atoms with Crippen LogP contribution in [0.15, 0.2) is 17.5 Å². The Morgan fingerprint density at radius 3 is 2.12 bits per heavy atom. The largest absolute Gasteiger partial charge is 0.346 e. The lowest BCUT2D eigenvalue weighted by Crippen LogP contribution is -2.56. The Bertz CT molecular complexity index is 599. The Hall–Kier alpha value is -2.42. The Morgan fingerprint density at radius 1 is 0.958 bits per heavy atom. The Morgan fingerprint density at radius 2 is 1.62 bits per heavy atom. The van der Waals surface area contributed by atoms with E-state index < -0.39 is 23.8 Å². The summed E-state index contributed by atoms with van der Waals surface area (Å²) in [5.41, 5.74) is 4.19. The summed E-state index contributed by atoms with van der Waals surface area (Å²) in [7, 11) is 0. The average Bonchev–Trinajstić information content (AvgIpc) is 3.02. The fourth-order valence-corrected chi connectivity index (χ4v) is 2.36. The first-order valence-corrected chi connectivity index (χ1v) is 8.35. The molecular weight excluding hydrogens is 332 g/mol. The lowest BCUT2D eigenvalue weighted by atomic mass is 10.0. The van der Waals surface area contributed by atoms with Crippen molar-refractivity contribution in [1.82, 2.24) is 21.5 Å². The van der Waals surface area contributed by atoms with Crippen molar-refractivity contribution in [3.8, 4) is 0 Å². The molecule has 0 aliphatic rings. The second-order valence-electron chi connectivity index (χ2n) is 5.74. The molecule has 132 valence electrons. The molecule has 0 fully saturated rings. The van der Waals surface area contributed by atoms with E-state index >= 15 is 0 Å². The number of nitrogens with one attached hydrogen (secondary N) is 4. The number of amides is 4. The van der Waals surface area contributed by atoms with E-state index in [2.05, 4.69) is 16.1 Å². The van der Waals surface area contributed by atoms with E-state index in [1.165, 1.54) is 11.3 Å². The van der Waals surface area contributed by atoms with Crippen LogP contribution in [0.1, 0.15) is 37.4 Å². The zero-order valence-corrected chi connectivity index (χ0v) is 14.8. The van der Waals surface area contributed by atoms with Gasteiger partial charge in [-0.15, -0.1) is 11.3 Å². The normalized spacial score (nSPS) is 11.8. The van der Waals surface area contributed by atoms with E-state index in [1.807, 2.05) is 5.43 Å². The summed E-state index contributed by atoms with van der Waals surface area (Å²) in [5.74, 6) is -3.03. The summed E-state index contributed by atoms with van der Waals surface area (Å²) in [6.45, 7) is 6.93. The van der Waals surface area contributed by atoms with Crippen LogP contribution in [0.2, 0.25) is 0 Å². The van der Waals surface area contributed by atoms with E-state index in [4.69, 9.17) is 0 Å². The van der Waals surface area contributed by atoms with Gasteiger partial charge in [-0.2, -0.15) is 0 Å². The van der Waals surface area contributed by atoms with Gasteiger partial charge in [-0.1, -0.05) is 19.9 Å². The van der Waals surface area contributed by atoms with Gasteiger partial charge in [0.2, 0.25) is 0 Å². The van der Waals surface area contributed by atoms with Gasteiger partial charge in [-0.05, 0) is 31.2 Å². The quantitative estimate of drug-likeness (QED) is 0.446. The average molecular weight is 354 g/mol. The minimum atomic E-state index is -0.982. The molecule has 8 nitrogen and oxygen atoms in total. The zero-order chi connectivity index (χ0) is 18.3. The van der Waals surface area contributed by atoms with Crippen LogP contribution in [0.25, 0.3) is 0 Å². The maximum atomic E-state index is 12.2. The molecule has 1 aromatic heterocycles. The Balaban J connectivity index is 2.59. The SMILES string of the molecule is CC(C)NC(=O)C(=O)NNC(=O)[C@H](NC(=O)c1cccs1)C(C)C. The van der Waals surface area contributed by atoms with Gasteiger partial charge in [-0.3, -0.25) is 30.0 Å². The molecular formula is C15H22N4O4S. The molecule has 0 unspecified atom stereocenters. The first kappa shape index (κ1) is 19.6. The van der Waals surface area contributed by atoms with Crippen LogP contribution in [0.3, 0.4) is 0 Å². The van der Waals surface area contributed by atoms with E-state index in [-0.39, 0.29) is 17.9 Å². The number of hydrogen-bond donors (Lipinski definition) is 4. The minimum absolute atomic E-state index is 0.201. The van der Waals surface area contributed by atoms with E-state index in [9.17, 15) is 19.2 Å². The van der Waals surface area contributed by atoms with Gasteiger partial charge in [0.1, 0.15) is 6.04 Å². The fraction of sp³-hybridized carbons (Fsp3) is 0.467.